The molecule has 1 aromatic heterocycles. The first-order valence-corrected chi connectivity index (χ1v) is 9.90. The van der Waals surface area contributed by atoms with Crippen LogP contribution < -0.4 is 10.1 Å². The lowest BCUT2D eigenvalue weighted by molar-refractivity contribution is -0.141. The third-order valence-electron chi connectivity index (χ3n) is 4.08. The minimum atomic E-state index is -4.63. The molecule has 30 heavy (non-hydrogen) atoms. The molecule has 3 rings (SSSR count). The van der Waals surface area contributed by atoms with E-state index in [1.54, 1.807) is 13.8 Å². The molecule has 2 aromatic rings. The van der Waals surface area contributed by atoms with Gasteiger partial charge in [0.2, 0.25) is 5.88 Å². The molecule has 0 unspecified atom stereocenters. The summed E-state index contributed by atoms with van der Waals surface area (Å²) in [6.45, 7) is 4.18. The van der Waals surface area contributed by atoms with Crippen LogP contribution in [0, 0.1) is 0 Å². The summed E-state index contributed by atoms with van der Waals surface area (Å²) in [4.78, 5) is 16.6. The number of alkyl halides is 3. The fourth-order valence-electron chi connectivity index (χ4n) is 2.73. The molecule has 0 spiro atoms. The number of nitrogens with one attached hydrogen (secondary N) is 1. The Balaban J connectivity index is 1.67. The van der Waals surface area contributed by atoms with Crippen LogP contribution >= 0.6 is 27.5 Å². The lowest BCUT2D eigenvalue weighted by Gasteiger charge is -2.17. The highest BCUT2D eigenvalue weighted by Gasteiger charge is 2.35. The van der Waals surface area contributed by atoms with Gasteiger partial charge in [-0.2, -0.15) is 13.2 Å². The van der Waals surface area contributed by atoms with Gasteiger partial charge in [-0.3, -0.25) is 4.79 Å². The van der Waals surface area contributed by atoms with Crippen LogP contribution in [-0.2, 0) is 15.7 Å². The Morgan fingerprint density at radius 2 is 2.13 bits per heavy atom. The van der Waals surface area contributed by atoms with Crippen LogP contribution in [0.5, 0.6) is 5.88 Å². The van der Waals surface area contributed by atoms with Crippen LogP contribution in [0.3, 0.4) is 0 Å². The van der Waals surface area contributed by atoms with Crippen molar-refractivity contribution < 1.29 is 32.2 Å². The van der Waals surface area contributed by atoms with Crippen LogP contribution in [0.2, 0.25) is 5.02 Å². The Morgan fingerprint density at radius 1 is 1.40 bits per heavy atom. The number of hydrogen-bond donors (Lipinski definition) is 1. The molecule has 1 amide bonds. The van der Waals surface area contributed by atoms with Gasteiger partial charge in [0, 0.05) is 22.4 Å². The van der Waals surface area contributed by atoms with Gasteiger partial charge >= 0.3 is 6.18 Å². The van der Waals surface area contributed by atoms with Crippen molar-refractivity contribution in [2.24, 2.45) is 0 Å². The second-order valence-electron chi connectivity index (χ2n) is 6.91. The fraction of sp³-hybridized carbons (Fsp3) is 0.368. The SMILES string of the molecule is CC1(C)OC[C@H](COc2cc(NC(=O)c3cc(Cl)c(C(F)(F)F)cc3Br)ccn2)O1. The summed E-state index contributed by atoms with van der Waals surface area (Å²) in [6, 6.07) is 4.73. The maximum absolute atomic E-state index is 12.9. The zero-order valence-corrected chi connectivity index (χ0v) is 18.2. The molecule has 1 aliphatic rings. The largest absolute Gasteiger partial charge is 0.475 e. The van der Waals surface area contributed by atoms with E-state index in [4.69, 9.17) is 25.8 Å². The molecule has 162 valence electrons. The first-order valence-electron chi connectivity index (χ1n) is 8.73. The summed E-state index contributed by atoms with van der Waals surface area (Å²) in [5.41, 5.74) is -0.740. The van der Waals surface area contributed by atoms with Crippen LogP contribution in [0.15, 0.2) is 34.9 Å². The summed E-state index contributed by atoms with van der Waals surface area (Å²) in [5, 5.41) is 2.01. The van der Waals surface area contributed by atoms with Crippen LogP contribution in [0.1, 0.15) is 29.8 Å². The monoisotopic (exact) mass is 508 g/mol. The molecule has 0 radical (unpaired) electrons. The second-order valence-corrected chi connectivity index (χ2v) is 8.17. The van der Waals surface area contributed by atoms with E-state index in [1.807, 2.05) is 0 Å². The maximum Gasteiger partial charge on any atom is 0.417 e. The zero-order valence-electron chi connectivity index (χ0n) is 15.8. The minimum Gasteiger partial charge on any atom is -0.475 e. The van der Waals surface area contributed by atoms with Gasteiger partial charge in [-0.1, -0.05) is 11.6 Å². The summed E-state index contributed by atoms with van der Waals surface area (Å²) in [5.74, 6) is -1.08. The van der Waals surface area contributed by atoms with Gasteiger partial charge in [-0.05, 0) is 48.0 Å². The van der Waals surface area contributed by atoms with E-state index in [9.17, 15) is 18.0 Å². The quantitative estimate of drug-likeness (QED) is 0.592. The summed E-state index contributed by atoms with van der Waals surface area (Å²) in [7, 11) is 0. The standard InChI is InChI=1S/C19H17BrClF3N2O4/c1-18(2)29-9-11(30-18)8-28-16-5-10(3-4-25-16)26-17(27)12-6-15(21)13(7-14(12)20)19(22,23)24/h3-7,11H,8-9H2,1-2H3,(H,25,26,27)/t11-/m0/s1. The van der Waals surface area contributed by atoms with Crippen molar-refractivity contribution in [3.05, 3.63) is 51.1 Å². The predicted molar refractivity (Wildman–Crippen MR) is 107 cm³/mol. The number of rotatable bonds is 5. The average molecular weight is 510 g/mol. The highest BCUT2D eigenvalue weighted by molar-refractivity contribution is 9.10. The highest BCUT2D eigenvalue weighted by Crippen LogP contribution is 2.38. The van der Waals surface area contributed by atoms with Crippen molar-refractivity contribution in [2.75, 3.05) is 18.5 Å². The van der Waals surface area contributed by atoms with Crippen molar-refractivity contribution in [3.8, 4) is 5.88 Å². The number of carbonyl (C=O) groups excluding carboxylic acids is 1. The number of anilines is 1. The molecule has 6 nitrogen and oxygen atoms in total. The molecule has 0 saturated carbocycles. The number of halogens is 5. The Hall–Kier alpha value is -1.88. The van der Waals surface area contributed by atoms with E-state index >= 15 is 0 Å². The number of nitrogens with zero attached hydrogens (tertiary/aromatic N) is 1. The summed E-state index contributed by atoms with van der Waals surface area (Å²) >= 11 is 8.70. The first kappa shape index (κ1) is 22.8. The van der Waals surface area contributed by atoms with Crippen molar-refractivity contribution in [3.63, 3.8) is 0 Å². The number of amides is 1. The Kier molecular flexibility index (Phi) is 6.61. The van der Waals surface area contributed by atoms with Gasteiger partial charge in [0.1, 0.15) is 12.7 Å². The molecule has 11 heteroatoms. The van der Waals surface area contributed by atoms with Gasteiger partial charge in [0.25, 0.3) is 5.91 Å². The Labute approximate surface area is 183 Å². The van der Waals surface area contributed by atoms with E-state index < -0.39 is 28.5 Å². The van der Waals surface area contributed by atoms with E-state index in [0.717, 1.165) is 12.1 Å². The van der Waals surface area contributed by atoms with Gasteiger partial charge in [-0.25, -0.2) is 4.98 Å². The Bertz CT molecular complexity index is 956. The van der Waals surface area contributed by atoms with Crippen LogP contribution in [0.4, 0.5) is 18.9 Å². The van der Waals surface area contributed by atoms with Crippen LogP contribution in [0.25, 0.3) is 0 Å². The molecular formula is C19H17BrClF3N2O4. The van der Waals surface area contributed by atoms with Crippen molar-refractivity contribution in [1.82, 2.24) is 4.98 Å². The van der Waals surface area contributed by atoms with Crippen molar-refractivity contribution in [1.29, 1.82) is 0 Å². The topological polar surface area (TPSA) is 69.7 Å². The molecule has 0 aliphatic carbocycles. The third kappa shape index (κ3) is 5.63. The van der Waals surface area contributed by atoms with Crippen LogP contribution in [-0.4, -0.2) is 36.0 Å². The summed E-state index contributed by atoms with van der Waals surface area (Å²) in [6.07, 6.45) is -3.46. The van der Waals surface area contributed by atoms with E-state index in [2.05, 4.69) is 26.2 Å². The molecule has 1 saturated heterocycles. The minimum absolute atomic E-state index is 0.0387. The third-order valence-corrected chi connectivity index (χ3v) is 5.05. The maximum atomic E-state index is 12.9. The van der Waals surface area contributed by atoms with Gasteiger partial charge < -0.3 is 19.5 Å². The van der Waals surface area contributed by atoms with Crippen molar-refractivity contribution in [2.45, 2.75) is 31.9 Å². The first-order chi connectivity index (χ1) is 13.9. The number of benzene rings is 1. The van der Waals surface area contributed by atoms with E-state index in [0.29, 0.717) is 12.3 Å². The normalized spacial score (nSPS) is 18.3. The zero-order chi connectivity index (χ0) is 22.1. The summed E-state index contributed by atoms with van der Waals surface area (Å²) < 4.78 is 55.4. The van der Waals surface area contributed by atoms with Crippen molar-refractivity contribution >= 4 is 39.1 Å². The second kappa shape index (κ2) is 8.70. The Morgan fingerprint density at radius 3 is 2.77 bits per heavy atom. The molecule has 1 fully saturated rings. The lowest BCUT2D eigenvalue weighted by Crippen LogP contribution is -2.25. The van der Waals surface area contributed by atoms with E-state index in [-0.39, 0.29) is 28.6 Å². The number of ether oxygens (including phenoxy) is 3. The number of pyridine rings is 1. The number of aromatic nitrogens is 1. The van der Waals surface area contributed by atoms with Gasteiger partial charge in [-0.15, -0.1) is 0 Å². The predicted octanol–water partition coefficient (Wildman–Crippen LogP) is 5.30. The fourth-order valence-corrected chi connectivity index (χ4v) is 3.52. The van der Waals surface area contributed by atoms with E-state index in [1.165, 1.54) is 18.3 Å². The number of hydrogen-bond acceptors (Lipinski definition) is 5. The highest BCUT2D eigenvalue weighted by atomic mass is 79.9. The lowest BCUT2D eigenvalue weighted by atomic mass is 10.1. The average Bonchev–Trinajstić information content (AvgIpc) is 3.00. The smallest absolute Gasteiger partial charge is 0.417 e. The molecule has 1 N–H and O–H groups in total. The molecule has 2 heterocycles. The van der Waals surface area contributed by atoms with Gasteiger partial charge in [0.15, 0.2) is 5.79 Å². The van der Waals surface area contributed by atoms with Gasteiger partial charge in [0.05, 0.1) is 22.8 Å². The molecule has 1 aliphatic heterocycles. The molecular weight excluding hydrogens is 493 g/mol. The molecule has 0 bridgehead atoms. The number of carbonyl (C=O) groups is 1. The molecule has 1 atom stereocenters. The molecule has 1 aromatic carbocycles.